The van der Waals surface area contributed by atoms with E-state index in [0.717, 1.165) is 16.3 Å². The number of aliphatic hydroxyl groups excluding tert-OH is 1. The van der Waals surface area contributed by atoms with Gasteiger partial charge in [-0.25, -0.2) is 0 Å². The van der Waals surface area contributed by atoms with Crippen LogP contribution in [0, 0.1) is 0 Å². The summed E-state index contributed by atoms with van der Waals surface area (Å²) in [6, 6.07) is 20.8. The van der Waals surface area contributed by atoms with Gasteiger partial charge in [-0.3, -0.25) is 4.79 Å². The molecule has 1 atom stereocenters. The number of para-hydroxylation sites is 1. The first-order chi connectivity index (χ1) is 12.2. The SMILES string of the molecule is CCOc1ccccc1C(=O)NCC(O)c1cccc2ccccc12. The fourth-order valence-corrected chi connectivity index (χ4v) is 2.87. The van der Waals surface area contributed by atoms with Crippen molar-refractivity contribution in [1.29, 1.82) is 0 Å². The van der Waals surface area contributed by atoms with Gasteiger partial charge >= 0.3 is 0 Å². The van der Waals surface area contributed by atoms with Crippen molar-refractivity contribution in [2.75, 3.05) is 13.2 Å². The summed E-state index contributed by atoms with van der Waals surface area (Å²) < 4.78 is 5.48. The van der Waals surface area contributed by atoms with Crippen LogP contribution in [0.3, 0.4) is 0 Å². The van der Waals surface area contributed by atoms with Crippen LogP contribution in [-0.2, 0) is 0 Å². The highest BCUT2D eigenvalue weighted by Gasteiger charge is 2.15. The maximum absolute atomic E-state index is 12.4. The molecule has 0 aliphatic rings. The zero-order chi connectivity index (χ0) is 17.6. The third kappa shape index (κ3) is 3.80. The molecule has 3 rings (SSSR count). The maximum atomic E-state index is 12.4. The molecule has 0 aliphatic carbocycles. The van der Waals surface area contributed by atoms with Crippen molar-refractivity contribution in [2.24, 2.45) is 0 Å². The molecule has 0 saturated heterocycles. The average Bonchev–Trinajstić information content (AvgIpc) is 2.66. The highest BCUT2D eigenvalue weighted by Crippen LogP contribution is 2.24. The first-order valence-electron chi connectivity index (χ1n) is 8.36. The van der Waals surface area contributed by atoms with E-state index in [1.807, 2.05) is 55.5 Å². The summed E-state index contributed by atoms with van der Waals surface area (Å²) in [5.41, 5.74) is 1.27. The van der Waals surface area contributed by atoms with Gasteiger partial charge in [-0.15, -0.1) is 0 Å². The molecule has 0 saturated carbocycles. The maximum Gasteiger partial charge on any atom is 0.255 e. The molecule has 25 heavy (non-hydrogen) atoms. The van der Waals surface area contributed by atoms with E-state index in [-0.39, 0.29) is 12.5 Å². The third-order valence-corrected chi connectivity index (χ3v) is 4.07. The number of amides is 1. The van der Waals surface area contributed by atoms with Gasteiger partial charge in [0.25, 0.3) is 5.91 Å². The van der Waals surface area contributed by atoms with Gasteiger partial charge in [0, 0.05) is 6.54 Å². The van der Waals surface area contributed by atoms with Crippen molar-refractivity contribution in [1.82, 2.24) is 5.32 Å². The monoisotopic (exact) mass is 335 g/mol. The molecule has 3 aromatic rings. The zero-order valence-electron chi connectivity index (χ0n) is 14.1. The summed E-state index contributed by atoms with van der Waals surface area (Å²) in [6.45, 7) is 2.50. The van der Waals surface area contributed by atoms with Gasteiger partial charge in [0.1, 0.15) is 5.75 Å². The van der Waals surface area contributed by atoms with E-state index in [1.165, 1.54) is 0 Å². The van der Waals surface area contributed by atoms with Crippen LogP contribution < -0.4 is 10.1 Å². The number of ether oxygens (including phenoxy) is 1. The summed E-state index contributed by atoms with van der Waals surface area (Å²) in [7, 11) is 0. The Labute approximate surface area is 147 Å². The number of hydrogen-bond acceptors (Lipinski definition) is 3. The molecule has 4 heteroatoms. The second-order valence-corrected chi connectivity index (χ2v) is 5.72. The number of carbonyl (C=O) groups excluding carboxylic acids is 1. The van der Waals surface area contributed by atoms with E-state index in [2.05, 4.69) is 5.32 Å². The Kier molecular flexibility index (Phi) is 5.31. The van der Waals surface area contributed by atoms with E-state index >= 15 is 0 Å². The van der Waals surface area contributed by atoms with Crippen LogP contribution in [0.4, 0.5) is 0 Å². The number of hydrogen-bond donors (Lipinski definition) is 2. The zero-order valence-corrected chi connectivity index (χ0v) is 14.1. The minimum Gasteiger partial charge on any atom is -0.493 e. The molecule has 1 unspecified atom stereocenters. The van der Waals surface area contributed by atoms with Crippen LogP contribution in [0.5, 0.6) is 5.75 Å². The van der Waals surface area contributed by atoms with Gasteiger partial charge < -0.3 is 15.2 Å². The van der Waals surface area contributed by atoms with Gasteiger partial charge in [0.05, 0.1) is 18.3 Å². The predicted molar refractivity (Wildman–Crippen MR) is 98.9 cm³/mol. The number of fused-ring (bicyclic) bond motifs is 1. The molecule has 128 valence electrons. The Balaban J connectivity index is 1.74. The topological polar surface area (TPSA) is 58.6 Å². The average molecular weight is 335 g/mol. The lowest BCUT2D eigenvalue weighted by Crippen LogP contribution is -2.28. The number of aliphatic hydroxyl groups is 1. The lowest BCUT2D eigenvalue weighted by atomic mass is 10.0. The summed E-state index contributed by atoms with van der Waals surface area (Å²) in [6.07, 6.45) is -0.783. The van der Waals surface area contributed by atoms with Crippen molar-refractivity contribution in [2.45, 2.75) is 13.0 Å². The lowest BCUT2D eigenvalue weighted by Gasteiger charge is -2.15. The Bertz CT molecular complexity index is 870. The van der Waals surface area contributed by atoms with Crippen molar-refractivity contribution >= 4 is 16.7 Å². The number of nitrogens with one attached hydrogen (secondary N) is 1. The van der Waals surface area contributed by atoms with Gasteiger partial charge in [-0.05, 0) is 35.4 Å². The number of carbonyl (C=O) groups is 1. The summed E-state index contributed by atoms with van der Waals surface area (Å²) in [5, 5.41) is 15.4. The fraction of sp³-hybridized carbons (Fsp3) is 0.190. The Hall–Kier alpha value is -2.85. The molecular weight excluding hydrogens is 314 g/mol. The summed E-state index contributed by atoms with van der Waals surface area (Å²) >= 11 is 0. The van der Waals surface area contributed by atoms with Crippen LogP contribution in [0.25, 0.3) is 10.8 Å². The normalized spacial score (nSPS) is 11.9. The van der Waals surface area contributed by atoms with Crippen LogP contribution in [-0.4, -0.2) is 24.2 Å². The van der Waals surface area contributed by atoms with Crippen molar-refractivity contribution < 1.29 is 14.6 Å². The molecule has 3 aromatic carbocycles. The Morgan fingerprint density at radius 2 is 1.76 bits per heavy atom. The first kappa shape index (κ1) is 17.0. The van der Waals surface area contributed by atoms with Gasteiger partial charge in [-0.2, -0.15) is 0 Å². The standard InChI is InChI=1S/C21H21NO3/c1-2-25-20-13-6-5-11-18(20)21(24)22-14-19(23)17-12-7-9-15-8-3-4-10-16(15)17/h3-13,19,23H,2,14H2,1H3,(H,22,24). The minimum absolute atomic E-state index is 0.132. The summed E-state index contributed by atoms with van der Waals surface area (Å²) in [4.78, 5) is 12.4. The van der Waals surface area contributed by atoms with Crippen LogP contribution in [0.1, 0.15) is 28.9 Å². The minimum atomic E-state index is -0.783. The van der Waals surface area contributed by atoms with E-state index in [0.29, 0.717) is 17.9 Å². The molecule has 0 fully saturated rings. The van der Waals surface area contributed by atoms with Crippen LogP contribution in [0.2, 0.25) is 0 Å². The smallest absolute Gasteiger partial charge is 0.255 e. The van der Waals surface area contributed by atoms with E-state index in [4.69, 9.17) is 4.74 Å². The highest BCUT2D eigenvalue weighted by molar-refractivity contribution is 5.97. The molecule has 2 N–H and O–H groups in total. The Morgan fingerprint density at radius 1 is 1.04 bits per heavy atom. The molecule has 0 aromatic heterocycles. The second kappa shape index (κ2) is 7.81. The fourth-order valence-electron chi connectivity index (χ4n) is 2.87. The molecule has 0 radical (unpaired) electrons. The predicted octanol–water partition coefficient (Wildman–Crippen LogP) is 3.70. The highest BCUT2D eigenvalue weighted by atomic mass is 16.5. The molecule has 0 bridgehead atoms. The largest absolute Gasteiger partial charge is 0.493 e. The lowest BCUT2D eigenvalue weighted by molar-refractivity contribution is 0.0913. The molecule has 1 amide bonds. The third-order valence-electron chi connectivity index (χ3n) is 4.07. The first-order valence-corrected chi connectivity index (χ1v) is 8.36. The molecule has 0 aliphatic heterocycles. The molecule has 4 nitrogen and oxygen atoms in total. The van der Waals surface area contributed by atoms with E-state index < -0.39 is 6.10 Å². The van der Waals surface area contributed by atoms with E-state index in [1.54, 1.807) is 18.2 Å². The molecule has 0 spiro atoms. The van der Waals surface area contributed by atoms with Gasteiger partial charge in [0.2, 0.25) is 0 Å². The van der Waals surface area contributed by atoms with E-state index in [9.17, 15) is 9.90 Å². The van der Waals surface area contributed by atoms with Crippen LogP contribution in [0.15, 0.2) is 66.7 Å². The molecule has 0 heterocycles. The molecular formula is C21H21NO3. The van der Waals surface area contributed by atoms with Gasteiger partial charge in [0.15, 0.2) is 0 Å². The number of benzene rings is 3. The summed E-state index contributed by atoms with van der Waals surface area (Å²) in [5.74, 6) is 0.283. The van der Waals surface area contributed by atoms with Crippen molar-refractivity contribution in [3.05, 3.63) is 77.9 Å². The van der Waals surface area contributed by atoms with Gasteiger partial charge in [-0.1, -0.05) is 54.6 Å². The van der Waals surface area contributed by atoms with Crippen molar-refractivity contribution in [3.63, 3.8) is 0 Å². The number of rotatable bonds is 6. The van der Waals surface area contributed by atoms with Crippen molar-refractivity contribution in [3.8, 4) is 5.75 Å². The quantitative estimate of drug-likeness (QED) is 0.722. The van der Waals surface area contributed by atoms with Crippen LogP contribution >= 0.6 is 0 Å². The Morgan fingerprint density at radius 3 is 2.60 bits per heavy atom. The second-order valence-electron chi connectivity index (χ2n) is 5.72.